The first kappa shape index (κ1) is 12.6. The monoisotopic (exact) mass is 291 g/mol. The maximum atomic E-state index is 4.38. The molecule has 0 N–H and O–H groups in total. The summed E-state index contributed by atoms with van der Waals surface area (Å²) in [6, 6.07) is 8.60. The summed E-state index contributed by atoms with van der Waals surface area (Å²) in [6.07, 6.45) is 8.27. The van der Waals surface area contributed by atoms with Crippen LogP contribution in [0, 0.1) is 0 Å². The molecule has 0 saturated carbocycles. The van der Waals surface area contributed by atoms with Gasteiger partial charge in [-0.3, -0.25) is 4.98 Å². The lowest BCUT2D eigenvalue weighted by molar-refractivity contribution is 0.667. The van der Waals surface area contributed by atoms with Crippen molar-refractivity contribution < 1.29 is 0 Å². The molecule has 0 amide bonds. The Bertz CT molecular complexity index is 493. The van der Waals surface area contributed by atoms with Gasteiger partial charge in [-0.25, -0.2) is 0 Å². The summed E-state index contributed by atoms with van der Waals surface area (Å²) < 4.78 is 1.11. The van der Waals surface area contributed by atoms with E-state index in [-0.39, 0.29) is 0 Å². The normalized spacial score (nSPS) is 10.9. The molecule has 1 heterocycles. The molecule has 1 aromatic heterocycles. The Kier molecular flexibility index (Phi) is 4.55. The van der Waals surface area contributed by atoms with Gasteiger partial charge in [-0.05, 0) is 52.5 Å². The second kappa shape index (κ2) is 6.15. The van der Waals surface area contributed by atoms with Crippen molar-refractivity contribution in [3.8, 4) is 0 Å². The highest BCUT2D eigenvalue weighted by Gasteiger charge is 2.02. The zero-order chi connectivity index (χ0) is 12.1. The van der Waals surface area contributed by atoms with Crippen molar-refractivity contribution in [3.63, 3.8) is 0 Å². The van der Waals surface area contributed by atoms with Crippen LogP contribution in [0.15, 0.2) is 34.9 Å². The van der Waals surface area contributed by atoms with Crippen LogP contribution >= 0.6 is 15.9 Å². The smallest absolute Gasteiger partial charge is 0.0844 e. The molecule has 0 unspecified atom stereocenters. The van der Waals surface area contributed by atoms with Crippen LogP contribution in [-0.2, 0) is 6.42 Å². The Balaban J connectivity index is 2.13. The minimum Gasteiger partial charge on any atom is -0.255 e. The second-order valence-corrected chi connectivity index (χ2v) is 5.32. The van der Waals surface area contributed by atoms with E-state index in [9.17, 15) is 0 Å². The topological polar surface area (TPSA) is 12.9 Å². The van der Waals surface area contributed by atoms with Crippen LogP contribution in [0.1, 0.15) is 38.2 Å². The highest BCUT2D eigenvalue weighted by molar-refractivity contribution is 9.10. The molecule has 1 aromatic carbocycles. The van der Waals surface area contributed by atoms with E-state index in [2.05, 4.69) is 46.0 Å². The number of rotatable bonds is 5. The summed E-state index contributed by atoms with van der Waals surface area (Å²) >= 11 is 3.61. The van der Waals surface area contributed by atoms with Crippen LogP contribution in [0.2, 0.25) is 0 Å². The summed E-state index contributed by atoms with van der Waals surface area (Å²) in [7, 11) is 0. The fourth-order valence-corrected chi connectivity index (χ4v) is 2.73. The zero-order valence-corrected chi connectivity index (χ0v) is 11.8. The highest BCUT2D eigenvalue weighted by atomic mass is 79.9. The van der Waals surface area contributed by atoms with Gasteiger partial charge in [0.15, 0.2) is 0 Å². The summed E-state index contributed by atoms with van der Waals surface area (Å²) in [5, 5.41) is 1.23. The molecule has 2 aromatic rings. The van der Waals surface area contributed by atoms with E-state index < -0.39 is 0 Å². The first-order valence-electron chi connectivity index (χ1n) is 6.34. The van der Waals surface area contributed by atoms with Crippen molar-refractivity contribution >= 4 is 26.8 Å². The van der Waals surface area contributed by atoms with Crippen LogP contribution < -0.4 is 0 Å². The molecule has 0 bridgehead atoms. The number of benzene rings is 1. The highest BCUT2D eigenvalue weighted by Crippen LogP contribution is 2.24. The molecule has 0 fully saturated rings. The quantitative estimate of drug-likeness (QED) is 0.697. The van der Waals surface area contributed by atoms with E-state index in [4.69, 9.17) is 0 Å². The van der Waals surface area contributed by atoms with Gasteiger partial charge in [0.1, 0.15) is 0 Å². The lowest BCUT2D eigenvalue weighted by Gasteiger charge is -2.05. The Morgan fingerprint density at radius 2 is 2.06 bits per heavy atom. The van der Waals surface area contributed by atoms with Gasteiger partial charge in [-0.1, -0.05) is 32.3 Å². The van der Waals surface area contributed by atoms with Gasteiger partial charge in [-0.15, -0.1) is 0 Å². The fraction of sp³-hybridized carbons (Fsp3) is 0.400. The molecule has 0 atom stereocenters. The number of fused-ring (bicyclic) bond motifs is 1. The summed E-state index contributed by atoms with van der Waals surface area (Å²) in [4.78, 5) is 4.38. The van der Waals surface area contributed by atoms with Gasteiger partial charge in [0.05, 0.1) is 5.52 Å². The van der Waals surface area contributed by atoms with Crippen molar-refractivity contribution in [1.82, 2.24) is 4.98 Å². The number of unbranched alkanes of at least 4 members (excludes halogenated alkanes) is 3. The van der Waals surface area contributed by atoms with E-state index in [1.807, 2.05) is 12.3 Å². The fourth-order valence-electron chi connectivity index (χ4n) is 2.11. The largest absolute Gasteiger partial charge is 0.255 e. The minimum absolute atomic E-state index is 1.06. The zero-order valence-electron chi connectivity index (χ0n) is 10.2. The van der Waals surface area contributed by atoms with Gasteiger partial charge in [0.25, 0.3) is 0 Å². The van der Waals surface area contributed by atoms with Gasteiger partial charge in [0.2, 0.25) is 0 Å². The molecule has 90 valence electrons. The van der Waals surface area contributed by atoms with Gasteiger partial charge >= 0.3 is 0 Å². The SMILES string of the molecule is CCCCCCc1cc(Br)c2ncccc2c1. The average Bonchev–Trinajstić information content (AvgIpc) is 2.35. The molecule has 0 spiro atoms. The molecule has 0 radical (unpaired) electrons. The first-order valence-corrected chi connectivity index (χ1v) is 7.13. The number of nitrogens with zero attached hydrogens (tertiary/aromatic N) is 1. The molecule has 17 heavy (non-hydrogen) atoms. The van der Waals surface area contributed by atoms with E-state index in [0.717, 1.165) is 9.99 Å². The van der Waals surface area contributed by atoms with Gasteiger partial charge in [0, 0.05) is 16.1 Å². The first-order chi connectivity index (χ1) is 8.31. The summed E-state index contributed by atoms with van der Waals surface area (Å²) in [5.41, 5.74) is 2.47. The molecular formula is C15H18BrN. The van der Waals surface area contributed by atoms with E-state index >= 15 is 0 Å². The van der Waals surface area contributed by atoms with Gasteiger partial charge < -0.3 is 0 Å². The molecule has 0 aliphatic rings. The van der Waals surface area contributed by atoms with Crippen molar-refractivity contribution in [2.75, 3.05) is 0 Å². The Morgan fingerprint density at radius 3 is 2.88 bits per heavy atom. The molecule has 1 nitrogen and oxygen atoms in total. The molecular weight excluding hydrogens is 274 g/mol. The predicted molar refractivity (Wildman–Crippen MR) is 77.3 cm³/mol. The number of pyridine rings is 1. The van der Waals surface area contributed by atoms with Crippen LogP contribution in [0.4, 0.5) is 0 Å². The van der Waals surface area contributed by atoms with Crippen molar-refractivity contribution in [3.05, 3.63) is 40.5 Å². The van der Waals surface area contributed by atoms with Crippen LogP contribution in [0.5, 0.6) is 0 Å². The van der Waals surface area contributed by atoms with E-state index in [1.165, 1.54) is 43.1 Å². The molecule has 0 aliphatic heterocycles. The van der Waals surface area contributed by atoms with E-state index in [0.29, 0.717) is 0 Å². The maximum Gasteiger partial charge on any atom is 0.0844 e. The van der Waals surface area contributed by atoms with Crippen LogP contribution in [0.25, 0.3) is 10.9 Å². The van der Waals surface area contributed by atoms with Crippen molar-refractivity contribution in [1.29, 1.82) is 0 Å². The van der Waals surface area contributed by atoms with Gasteiger partial charge in [-0.2, -0.15) is 0 Å². The summed E-state index contributed by atoms with van der Waals surface area (Å²) in [5.74, 6) is 0. The third-order valence-corrected chi connectivity index (χ3v) is 3.64. The number of aryl methyl sites for hydroxylation is 1. The second-order valence-electron chi connectivity index (χ2n) is 4.46. The maximum absolute atomic E-state index is 4.38. The standard InChI is InChI=1S/C15H18BrN/c1-2-3-4-5-7-12-10-13-8-6-9-17-15(13)14(16)11-12/h6,8-11H,2-5,7H2,1H3. The molecule has 2 rings (SSSR count). The predicted octanol–water partition coefficient (Wildman–Crippen LogP) is 5.12. The Morgan fingerprint density at radius 1 is 1.18 bits per heavy atom. The molecule has 0 saturated heterocycles. The van der Waals surface area contributed by atoms with Crippen LogP contribution in [-0.4, -0.2) is 4.98 Å². The van der Waals surface area contributed by atoms with E-state index in [1.54, 1.807) is 0 Å². The Labute approximate surface area is 111 Å². The Hall–Kier alpha value is -0.890. The third-order valence-electron chi connectivity index (χ3n) is 3.04. The number of aromatic nitrogens is 1. The van der Waals surface area contributed by atoms with Crippen molar-refractivity contribution in [2.45, 2.75) is 39.0 Å². The lowest BCUT2D eigenvalue weighted by atomic mass is 10.0. The lowest BCUT2D eigenvalue weighted by Crippen LogP contribution is -1.88. The molecule has 2 heteroatoms. The summed E-state index contributed by atoms with van der Waals surface area (Å²) in [6.45, 7) is 2.25. The van der Waals surface area contributed by atoms with Crippen LogP contribution in [0.3, 0.4) is 0 Å². The number of halogens is 1. The molecule has 0 aliphatic carbocycles. The third kappa shape index (κ3) is 3.29. The number of hydrogen-bond acceptors (Lipinski definition) is 1. The number of hydrogen-bond donors (Lipinski definition) is 0. The minimum atomic E-state index is 1.06. The van der Waals surface area contributed by atoms with Crippen molar-refractivity contribution in [2.24, 2.45) is 0 Å². The average molecular weight is 292 g/mol.